The number of ether oxygens (including phenoxy) is 1. The Bertz CT molecular complexity index is 246. The van der Waals surface area contributed by atoms with E-state index in [1.54, 1.807) is 0 Å². The number of aliphatic carboxylic acids is 2. The molecule has 0 fully saturated rings. The molecule has 80 valence electrons. The van der Waals surface area contributed by atoms with Crippen LogP contribution < -0.4 is 0 Å². The van der Waals surface area contributed by atoms with Crippen LogP contribution >= 0.6 is 0 Å². The SMILES string of the molecule is COC(=O)C(O)C(CC(=O)O)C(=O)O. The summed E-state index contributed by atoms with van der Waals surface area (Å²) < 4.78 is 4.08. The number of hydrogen-bond acceptors (Lipinski definition) is 5. The smallest absolute Gasteiger partial charge is 0.335 e. The van der Waals surface area contributed by atoms with Crippen LogP contribution in [0.2, 0.25) is 0 Å². The molecule has 0 amide bonds. The average molecular weight is 206 g/mol. The maximum Gasteiger partial charge on any atom is 0.335 e. The van der Waals surface area contributed by atoms with Crippen LogP contribution in [0.25, 0.3) is 0 Å². The molecule has 0 aromatic rings. The first-order valence-corrected chi connectivity index (χ1v) is 3.60. The van der Waals surface area contributed by atoms with Crippen LogP contribution in [0.15, 0.2) is 0 Å². The second kappa shape index (κ2) is 5.18. The molecule has 7 nitrogen and oxygen atoms in total. The van der Waals surface area contributed by atoms with Gasteiger partial charge in [0.2, 0.25) is 0 Å². The van der Waals surface area contributed by atoms with Gasteiger partial charge in [-0.2, -0.15) is 0 Å². The first-order chi connectivity index (χ1) is 6.40. The summed E-state index contributed by atoms with van der Waals surface area (Å²) in [7, 11) is 0.964. The van der Waals surface area contributed by atoms with Gasteiger partial charge in [-0.15, -0.1) is 0 Å². The summed E-state index contributed by atoms with van der Waals surface area (Å²) >= 11 is 0. The maximum atomic E-state index is 10.7. The zero-order valence-corrected chi connectivity index (χ0v) is 7.34. The van der Waals surface area contributed by atoms with E-state index >= 15 is 0 Å². The van der Waals surface area contributed by atoms with Crippen LogP contribution in [0.4, 0.5) is 0 Å². The molecular weight excluding hydrogens is 196 g/mol. The van der Waals surface area contributed by atoms with Gasteiger partial charge in [-0.25, -0.2) is 4.79 Å². The van der Waals surface area contributed by atoms with Gasteiger partial charge < -0.3 is 20.1 Å². The number of aliphatic hydroxyl groups excluding tert-OH is 1. The molecular formula is C7H10O7. The number of hydrogen-bond donors (Lipinski definition) is 3. The molecule has 2 atom stereocenters. The standard InChI is InChI=1S/C7H10O7/c1-14-7(13)5(10)3(6(11)12)2-4(8)9/h3,5,10H,2H2,1H3,(H,8,9)(H,11,12). The van der Waals surface area contributed by atoms with E-state index in [0.29, 0.717) is 0 Å². The number of carboxylic acid groups (broad SMARTS) is 2. The minimum atomic E-state index is -1.96. The molecule has 14 heavy (non-hydrogen) atoms. The summed E-state index contributed by atoms with van der Waals surface area (Å²) in [5.41, 5.74) is 0. The number of carbonyl (C=O) groups excluding carboxylic acids is 1. The van der Waals surface area contributed by atoms with Gasteiger partial charge in [-0.05, 0) is 0 Å². The monoisotopic (exact) mass is 206 g/mol. The first kappa shape index (κ1) is 12.4. The van der Waals surface area contributed by atoms with Crippen molar-refractivity contribution in [2.75, 3.05) is 7.11 Å². The highest BCUT2D eigenvalue weighted by molar-refractivity contribution is 5.85. The van der Waals surface area contributed by atoms with Crippen molar-refractivity contribution in [2.45, 2.75) is 12.5 Å². The van der Waals surface area contributed by atoms with Crippen molar-refractivity contribution < 1.29 is 34.4 Å². The van der Waals surface area contributed by atoms with E-state index in [0.717, 1.165) is 7.11 Å². The number of rotatable bonds is 5. The summed E-state index contributed by atoms with van der Waals surface area (Å²) in [5, 5.41) is 25.9. The lowest BCUT2D eigenvalue weighted by molar-refractivity contribution is -0.164. The third-order valence-corrected chi connectivity index (χ3v) is 1.54. The van der Waals surface area contributed by atoms with E-state index in [4.69, 9.17) is 15.3 Å². The molecule has 0 heterocycles. The maximum absolute atomic E-state index is 10.7. The minimum absolute atomic E-state index is 0.842. The Labute approximate surface area is 78.9 Å². The van der Waals surface area contributed by atoms with Crippen molar-refractivity contribution in [1.29, 1.82) is 0 Å². The van der Waals surface area contributed by atoms with Crippen molar-refractivity contribution in [3.05, 3.63) is 0 Å². The molecule has 0 aliphatic heterocycles. The number of carbonyl (C=O) groups is 3. The number of aliphatic hydroxyl groups is 1. The zero-order valence-electron chi connectivity index (χ0n) is 7.34. The zero-order chi connectivity index (χ0) is 11.3. The largest absolute Gasteiger partial charge is 0.481 e. The van der Waals surface area contributed by atoms with Crippen molar-refractivity contribution >= 4 is 17.9 Å². The Morgan fingerprint density at radius 2 is 1.79 bits per heavy atom. The lowest BCUT2D eigenvalue weighted by atomic mass is 9.99. The fourth-order valence-electron chi connectivity index (χ4n) is 0.807. The Balaban J connectivity index is 4.56. The molecule has 0 aromatic carbocycles. The lowest BCUT2D eigenvalue weighted by Crippen LogP contribution is -2.37. The van der Waals surface area contributed by atoms with Gasteiger partial charge in [0, 0.05) is 0 Å². The third-order valence-electron chi connectivity index (χ3n) is 1.54. The van der Waals surface area contributed by atoms with Gasteiger partial charge in [0.05, 0.1) is 13.5 Å². The molecule has 0 aliphatic rings. The van der Waals surface area contributed by atoms with Crippen LogP contribution in [0.1, 0.15) is 6.42 Å². The van der Waals surface area contributed by atoms with Gasteiger partial charge in [0.25, 0.3) is 0 Å². The van der Waals surface area contributed by atoms with Crippen molar-refractivity contribution in [3.8, 4) is 0 Å². The first-order valence-electron chi connectivity index (χ1n) is 3.60. The van der Waals surface area contributed by atoms with E-state index in [9.17, 15) is 14.4 Å². The van der Waals surface area contributed by atoms with Gasteiger partial charge in [-0.3, -0.25) is 9.59 Å². The molecule has 0 bridgehead atoms. The van der Waals surface area contributed by atoms with Crippen LogP contribution in [-0.2, 0) is 19.1 Å². The van der Waals surface area contributed by atoms with Gasteiger partial charge >= 0.3 is 17.9 Å². The Hall–Kier alpha value is -1.63. The molecule has 3 N–H and O–H groups in total. The van der Waals surface area contributed by atoms with Crippen LogP contribution in [0.5, 0.6) is 0 Å². The van der Waals surface area contributed by atoms with E-state index in [1.807, 2.05) is 0 Å². The molecule has 0 saturated heterocycles. The van der Waals surface area contributed by atoms with E-state index in [1.165, 1.54) is 0 Å². The third kappa shape index (κ3) is 3.40. The fourth-order valence-corrected chi connectivity index (χ4v) is 0.807. The van der Waals surface area contributed by atoms with E-state index in [-0.39, 0.29) is 0 Å². The van der Waals surface area contributed by atoms with Crippen molar-refractivity contribution in [2.24, 2.45) is 5.92 Å². The topological polar surface area (TPSA) is 121 Å². The molecule has 0 rings (SSSR count). The molecule has 0 aliphatic carbocycles. The van der Waals surface area contributed by atoms with Crippen LogP contribution in [-0.4, -0.2) is 46.4 Å². The highest BCUT2D eigenvalue weighted by Gasteiger charge is 2.34. The molecule has 0 spiro atoms. The average Bonchev–Trinajstić information content (AvgIpc) is 2.11. The predicted molar refractivity (Wildman–Crippen MR) is 41.4 cm³/mol. The van der Waals surface area contributed by atoms with Crippen molar-refractivity contribution in [3.63, 3.8) is 0 Å². The minimum Gasteiger partial charge on any atom is -0.481 e. The van der Waals surface area contributed by atoms with Crippen LogP contribution in [0.3, 0.4) is 0 Å². The Morgan fingerprint density at radius 1 is 1.29 bits per heavy atom. The lowest BCUT2D eigenvalue weighted by Gasteiger charge is -2.14. The number of esters is 1. The quantitative estimate of drug-likeness (QED) is 0.477. The Kier molecular flexibility index (Phi) is 4.57. The molecule has 0 radical (unpaired) electrons. The molecule has 2 unspecified atom stereocenters. The van der Waals surface area contributed by atoms with Crippen molar-refractivity contribution in [1.82, 2.24) is 0 Å². The number of carboxylic acids is 2. The molecule has 0 aromatic heterocycles. The second-order valence-corrected chi connectivity index (χ2v) is 2.51. The van der Waals surface area contributed by atoms with E-state index in [2.05, 4.69) is 4.74 Å². The highest BCUT2D eigenvalue weighted by Crippen LogP contribution is 2.11. The summed E-state index contributed by atoms with van der Waals surface area (Å²) in [6, 6.07) is 0. The normalized spacial score (nSPS) is 14.1. The Morgan fingerprint density at radius 3 is 2.07 bits per heavy atom. The predicted octanol–water partition coefficient (Wildman–Crippen LogP) is -1.30. The van der Waals surface area contributed by atoms with Crippen LogP contribution in [0, 0.1) is 5.92 Å². The number of methoxy groups -OCH3 is 1. The summed E-state index contributed by atoms with van der Waals surface area (Å²) in [4.78, 5) is 31.4. The van der Waals surface area contributed by atoms with Gasteiger partial charge in [0.15, 0.2) is 6.10 Å². The second-order valence-electron chi connectivity index (χ2n) is 2.51. The van der Waals surface area contributed by atoms with Gasteiger partial charge in [-0.1, -0.05) is 0 Å². The molecule has 7 heteroatoms. The summed E-state index contributed by atoms with van der Waals surface area (Å²) in [5.74, 6) is -5.84. The molecule has 0 saturated carbocycles. The fraction of sp³-hybridized carbons (Fsp3) is 0.571. The summed E-state index contributed by atoms with van der Waals surface area (Å²) in [6.45, 7) is 0. The summed E-state index contributed by atoms with van der Waals surface area (Å²) in [6.07, 6.45) is -2.81. The van der Waals surface area contributed by atoms with Gasteiger partial charge in [0.1, 0.15) is 5.92 Å². The van der Waals surface area contributed by atoms with E-state index < -0.39 is 36.4 Å². The highest BCUT2D eigenvalue weighted by atomic mass is 16.5.